The molecule has 3 heterocycles. The highest BCUT2D eigenvalue weighted by atomic mass is 32.1. The first-order chi connectivity index (χ1) is 10.2. The molecule has 0 N–H and O–H groups in total. The lowest BCUT2D eigenvalue weighted by Gasteiger charge is -2.22. The number of hydrogen-bond acceptors (Lipinski definition) is 6. The summed E-state index contributed by atoms with van der Waals surface area (Å²) >= 11 is 1.59. The van der Waals surface area contributed by atoms with Gasteiger partial charge in [-0.05, 0) is 37.0 Å². The highest BCUT2D eigenvalue weighted by Crippen LogP contribution is 2.24. The number of pyridine rings is 1. The molecule has 0 unspecified atom stereocenters. The summed E-state index contributed by atoms with van der Waals surface area (Å²) < 4.78 is 5.72. The van der Waals surface area contributed by atoms with Gasteiger partial charge in [0, 0.05) is 18.4 Å². The number of thiophene rings is 1. The third-order valence-electron chi connectivity index (χ3n) is 3.41. The van der Waals surface area contributed by atoms with Crippen LogP contribution in [0.3, 0.4) is 0 Å². The van der Waals surface area contributed by atoms with E-state index in [1.807, 2.05) is 36.8 Å². The molecule has 3 aromatic heterocycles. The van der Waals surface area contributed by atoms with Gasteiger partial charge in [0.25, 0.3) is 5.89 Å². The Hall–Kier alpha value is -2.05. The van der Waals surface area contributed by atoms with Gasteiger partial charge in [0.05, 0.1) is 11.4 Å². The van der Waals surface area contributed by atoms with Crippen LogP contribution in [-0.4, -0.2) is 27.1 Å². The molecular weight excluding hydrogens is 284 g/mol. The van der Waals surface area contributed by atoms with Gasteiger partial charge >= 0.3 is 0 Å². The Kier molecular flexibility index (Phi) is 4.08. The first-order valence-corrected chi connectivity index (χ1v) is 7.58. The summed E-state index contributed by atoms with van der Waals surface area (Å²) in [6, 6.07) is 8.20. The quantitative estimate of drug-likeness (QED) is 0.723. The molecule has 0 aromatic carbocycles. The second-order valence-electron chi connectivity index (χ2n) is 4.86. The first kappa shape index (κ1) is 13.9. The summed E-state index contributed by atoms with van der Waals surface area (Å²) in [6.45, 7) is 2.74. The molecule has 0 saturated carbocycles. The zero-order chi connectivity index (χ0) is 14.7. The van der Waals surface area contributed by atoms with Gasteiger partial charge in [-0.1, -0.05) is 12.1 Å². The Morgan fingerprint density at radius 2 is 2.19 bits per heavy atom. The zero-order valence-corrected chi connectivity index (χ0v) is 12.7. The second kappa shape index (κ2) is 6.15. The predicted molar refractivity (Wildman–Crippen MR) is 81.7 cm³/mol. The fourth-order valence-corrected chi connectivity index (χ4v) is 2.69. The van der Waals surface area contributed by atoms with E-state index < -0.39 is 0 Å². The lowest BCUT2D eigenvalue weighted by molar-refractivity contribution is 0.228. The average molecular weight is 300 g/mol. The molecule has 21 heavy (non-hydrogen) atoms. The summed E-state index contributed by atoms with van der Waals surface area (Å²) in [6.07, 6.45) is 3.66. The molecule has 0 spiro atoms. The number of hydrogen-bond donors (Lipinski definition) is 0. The van der Waals surface area contributed by atoms with E-state index in [4.69, 9.17) is 4.42 Å². The minimum atomic E-state index is 0.232. The number of rotatable bonds is 5. The zero-order valence-electron chi connectivity index (χ0n) is 11.9. The maximum Gasteiger partial charge on any atom is 0.257 e. The predicted octanol–water partition coefficient (Wildman–Crippen LogP) is 3.39. The molecule has 3 aromatic rings. The molecule has 3 rings (SSSR count). The van der Waals surface area contributed by atoms with Gasteiger partial charge in [-0.15, -0.1) is 21.5 Å². The van der Waals surface area contributed by atoms with Crippen molar-refractivity contribution in [1.82, 2.24) is 20.1 Å². The molecule has 5 nitrogen and oxygen atoms in total. The van der Waals surface area contributed by atoms with Crippen LogP contribution in [0.25, 0.3) is 10.8 Å². The van der Waals surface area contributed by atoms with Crippen LogP contribution in [0.2, 0.25) is 0 Å². The van der Waals surface area contributed by atoms with Crippen LogP contribution in [0.15, 0.2) is 46.5 Å². The maximum atomic E-state index is 5.72. The van der Waals surface area contributed by atoms with Gasteiger partial charge in [-0.3, -0.25) is 9.88 Å². The molecule has 6 heteroatoms. The van der Waals surface area contributed by atoms with Crippen molar-refractivity contribution in [3.8, 4) is 10.8 Å². The molecule has 1 atom stereocenters. The van der Waals surface area contributed by atoms with Crippen molar-refractivity contribution in [3.63, 3.8) is 0 Å². The molecule has 0 fully saturated rings. The van der Waals surface area contributed by atoms with Gasteiger partial charge in [-0.2, -0.15) is 0 Å². The van der Waals surface area contributed by atoms with Gasteiger partial charge in [0.2, 0.25) is 5.89 Å². The fourth-order valence-electron chi connectivity index (χ4n) is 2.05. The number of aromatic nitrogens is 3. The third kappa shape index (κ3) is 3.17. The van der Waals surface area contributed by atoms with Gasteiger partial charge < -0.3 is 4.42 Å². The van der Waals surface area contributed by atoms with E-state index in [2.05, 4.69) is 33.1 Å². The molecule has 108 valence electrons. The SMILES string of the molecule is C[C@@H](c1cccnc1)N(C)Cc1nnc(-c2cccs2)o1. The molecule has 0 aliphatic heterocycles. The molecule has 0 radical (unpaired) electrons. The highest BCUT2D eigenvalue weighted by Gasteiger charge is 2.16. The molecule has 0 amide bonds. The van der Waals surface area contributed by atoms with E-state index in [0.717, 1.165) is 10.4 Å². The Morgan fingerprint density at radius 3 is 2.90 bits per heavy atom. The van der Waals surface area contributed by atoms with Crippen LogP contribution >= 0.6 is 11.3 Å². The van der Waals surface area contributed by atoms with E-state index in [1.165, 1.54) is 0 Å². The summed E-state index contributed by atoms with van der Waals surface area (Å²) in [5.74, 6) is 1.21. The Balaban J connectivity index is 1.69. The standard InChI is InChI=1S/C15H16N4OS/c1-11(12-5-3-7-16-9-12)19(2)10-14-17-18-15(20-14)13-6-4-8-21-13/h3-9,11H,10H2,1-2H3/t11-/m0/s1. The van der Waals surface area contributed by atoms with E-state index in [-0.39, 0.29) is 6.04 Å². The fraction of sp³-hybridized carbons (Fsp3) is 0.267. The van der Waals surface area contributed by atoms with Crippen molar-refractivity contribution in [1.29, 1.82) is 0 Å². The smallest absolute Gasteiger partial charge is 0.257 e. The van der Waals surface area contributed by atoms with Crippen molar-refractivity contribution >= 4 is 11.3 Å². The summed E-state index contributed by atoms with van der Waals surface area (Å²) in [4.78, 5) is 7.31. The van der Waals surface area contributed by atoms with Gasteiger partial charge in [0.15, 0.2) is 0 Å². The lowest BCUT2D eigenvalue weighted by Crippen LogP contribution is -2.22. The largest absolute Gasteiger partial charge is 0.419 e. The number of nitrogens with zero attached hydrogens (tertiary/aromatic N) is 4. The second-order valence-corrected chi connectivity index (χ2v) is 5.80. The monoisotopic (exact) mass is 300 g/mol. The van der Waals surface area contributed by atoms with E-state index in [9.17, 15) is 0 Å². The Morgan fingerprint density at radius 1 is 1.29 bits per heavy atom. The Bertz CT molecular complexity index is 681. The van der Waals surface area contributed by atoms with Crippen LogP contribution in [0.1, 0.15) is 24.4 Å². The topological polar surface area (TPSA) is 55.1 Å². The van der Waals surface area contributed by atoms with Crippen molar-refractivity contribution in [2.45, 2.75) is 19.5 Å². The normalized spacial score (nSPS) is 12.7. The van der Waals surface area contributed by atoms with E-state index in [0.29, 0.717) is 18.3 Å². The van der Waals surface area contributed by atoms with E-state index in [1.54, 1.807) is 17.5 Å². The van der Waals surface area contributed by atoms with Crippen molar-refractivity contribution in [2.24, 2.45) is 0 Å². The highest BCUT2D eigenvalue weighted by molar-refractivity contribution is 7.13. The van der Waals surface area contributed by atoms with Crippen LogP contribution in [0.5, 0.6) is 0 Å². The van der Waals surface area contributed by atoms with Crippen molar-refractivity contribution in [3.05, 3.63) is 53.5 Å². The minimum Gasteiger partial charge on any atom is -0.419 e. The van der Waals surface area contributed by atoms with Gasteiger partial charge in [-0.25, -0.2) is 0 Å². The van der Waals surface area contributed by atoms with Crippen LogP contribution in [0.4, 0.5) is 0 Å². The molecule has 0 aliphatic carbocycles. The summed E-state index contributed by atoms with van der Waals surface area (Å²) in [5.41, 5.74) is 1.16. The van der Waals surface area contributed by atoms with Crippen molar-refractivity contribution < 1.29 is 4.42 Å². The van der Waals surface area contributed by atoms with E-state index >= 15 is 0 Å². The lowest BCUT2D eigenvalue weighted by atomic mass is 10.1. The summed E-state index contributed by atoms with van der Waals surface area (Å²) in [7, 11) is 2.03. The molecule has 0 saturated heterocycles. The van der Waals surface area contributed by atoms with Crippen LogP contribution < -0.4 is 0 Å². The maximum absolute atomic E-state index is 5.72. The van der Waals surface area contributed by atoms with Crippen molar-refractivity contribution in [2.75, 3.05) is 7.05 Å². The first-order valence-electron chi connectivity index (χ1n) is 6.70. The van der Waals surface area contributed by atoms with Crippen LogP contribution in [0, 0.1) is 0 Å². The van der Waals surface area contributed by atoms with Crippen LogP contribution in [-0.2, 0) is 6.54 Å². The minimum absolute atomic E-state index is 0.232. The molecule has 0 aliphatic rings. The average Bonchev–Trinajstić information content (AvgIpc) is 3.18. The Labute approximate surface area is 127 Å². The molecular formula is C15H16N4OS. The van der Waals surface area contributed by atoms with Gasteiger partial charge in [0.1, 0.15) is 0 Å². The molecule has 0 bridgehead atoms. The summed E-state index contributed by atoms with van der Waals surface area (Å²) in [5, 5.41) is 10.2. The third-order valence-corrected chi connectivity index (χ3v) is 4.27.